The van der Waals surface area contributed by atoms with Crippen LogP contribution in [0, 0.1) is 0 Å². The molecular formula is C20H22N4. The molecule has 4 nitrogen and oxygen atoms in total. The zero-order valence-electron chi connectivity index (χ0n) is 13.8. The predicted octanol–water partition coefficient (Wildman–Crippen LogP) is 3.19. The Labute approximate surface area is 142 Å². The molecule has 0 aliphatic carbocycles. The molecule has 4 heteroatoms. The Bertz CT molecular complexity index is 759. The molecule has 0 atom stereocenters. The van der Waals surface area contributed by atoms with Crippen LogP contribution in [0.1, 0.15) is 5.56 Å². The van der Waals surface area contributed by atoms with E-state index in [4.69, 9.17) is 0 Å². The van der Waals surface area contributed by atoms with Crippen molar-refractivity contribution >= 4 is 5.69 Å². The van der Waals surface area contributed by atoms with Crippen LogP contribution < -0.4 is 4.90 Å². The molecule has 2 heterocycles. The maximum Gasteiger partial charge on any atom is 0.0758 e. The molecule has 0 spiro atoms. The quantitative estimate of drug-likeness (QED) is 0.738. The van der Waals surface area contributed by atoms with Gasteiger partial charge in [0.1, 0.15) is 0 Å². The smallest absolute Gasteiger partial charge is 0.0758 e. The molecular weight excluding hydrogens is 296 g/mol. The summed E-state index contributed by atoms with van der Waals surface area (Å²) in [5.41, 5.74) is 3.70. The molecule has 4 rings (SSSR count). The number of piperazine rings is 1. The molecule has 0 bridgehead atoms. The van der Waals surface area contributed by atoms with Gasteiger partial charge in [-0.15, -0.1) is 0 Å². The third-order valence-electron chi connectivity index (χ3n) is 4.58. The van der Waals surface area contributed by atoms with E-state index in [9.17, 15) is 0 Å². The highest BCUT2D eigenvalue weighted by atomic mass is 15.3. The molecule has 1 aromatic heterocycles. The average Bonchev–Trinajstić information content (AvgIpc) is 3.14. The van der Waals surface area contributed by atoms with Crippen LogP contribution in [0.5, 0.6) is 0 Å². The fourth-order valence-electron chi connectivity index (χ4n) is 3.20. The minimum Gasteiger partial charge on any atom is -0.366 e. The van der Waals surface area contributed by atoms with E-state index in [1.165, 1.54) is 11.3 Å². The van der Waals surface area contributed by atoms with Crippen molar-refractivity contribution < 1.29 is 0 Å². The van der Waals surface area contributed by atoms with E-state index in [2.05, 4.69) is 63.6 Å². The van der Waals surface area contributed by atoms with Gasteiger partial charge in [-0.2, -0.15) is 5.10 Å². The van der Waals surface area contributed by atoms with Gasteiger partial charge >= 0.3 is 0 Å². The van der Waals surface area contributed by atoms with Crippen molar-refractivity contribution in [1.29, 1.82) is 0 Å². The fraction of sp³-hybridized carbons (Fsp3) is 0.250. The third kappa shape index (κ3) is 3.34. The highest BCUT2D eigenvalue weighted by molar-refractivity contribution is 5.45. The molecule has 3 aromatic rings. The lowest BCUT2D eigenvalue weighted by atomic mass is 10.2. The van der Waals surface area contributed by atoms with Gasteiger partial charge in [-0.1, -0.05) is 48.5 Å². The van der Waals surface area contributed by atoms with Crippen molar-refractivity contribution in [2.75, 3.05) is 31.1 Å². The summed E-state index contributed by atoms with van der Waals surface area (Å²) in [4.78, 5) is 4.95. The lowest BCUT2D eigenvalue weighted by Crippen LogP contribution is -2.45. The van der Waals surface area contributed by atoms with Crippen LogP contribution in [0.15, 0.2) is 73.1 Å². The van der Waals surface area contributed by atoms with Gasteiger partial charge in [0.25, 0.3) is 0 Å². The monoisotopic (exact) mass is 318 g/mol. The van der Waals surface area contributed by atoms with Crippen LogP contribution in [0.3, 0.4) is 0 Å². The molecule has 0 saturated carbocycles. The molecule has 0 radical (unpaired) electrons. The molecule has 2 aromatic carbocycles. The minimum atomic E-state index is 1.04. The summed E-state index contributed by atoms with van der Waals surface area (Å²) in [6.45, 7) is 5.31. The van der Waals surface area contributed by atoms with Crippen molar-refractivity contribution in [2.45, 2.75) is 6.54 Å². The lowest BCUT2D eigenvalue weighted by Gasteiger charge is -2.35. The molecule has 122 valence electrons. The predicted molar refractivity (Wildman–Crippen MR) is 97.5 cm³/mol. The summed E-state index contributed by atoms with van der Waals surface area (Å²) in [5.74, 6) is 0. The van der Waals surface area contributed by atoms with E-state index in [0.717, 1.165) is 38.4 Å². The highest BCUT2D eigenvalue weighted by Crippen LogP contribution is 2.18. The number of anilines is 1. The number of aromatic nitrogens is 2. The summed E-state index contributed by atoms with van der Waals surface area (Å²) < 4.78 is 1.95. The van der Waals surface area contributed by atoms with Crippen LogP contribution in [0.2, 0.25) is 0 Å². The second-order valence-corrected chi connectivity index (χ2v) is 6.23. The van der Waals surface area contributed by atoms with E-state index >= 15 is 0 Å². The number of hydrogen-bond acceptors (Lipinski definition) is 3. The summed E-state index contributed by atoms with van der Waals surface area (Å²) in [6.07, 6.45) is 4.10. The Hall–Kier alpha value is -2.59. The Balaban J connectivity index is 1.37. The van der Waals surface area contributed by atoms with Gasteiger partial charge in [0, 0.05) is 32.7 Å². The lowest BCUT2D eigenvalue weighted by molar-refractivity contribution is 0.250. The Morgan fingerprint density at radius 2 is 1.42 bits per heavy atom. The van der Waals surface area contributed by atoms with Crippen LogP contribution in [-0.2, 0) is 6.54 Å². The number of rotatable bonds is 4. The standard InChI is InChI=1S/C20H22N4/c1-3-7-18(8-4-1)16-22-11-13-23(14-12-22)20-15-21-24(17-20)19-9-5-2-6-10-19/h1-10,15,17H,11-14,16H2. The van der Waals surface area contributed by atoms with Crippen LogP contribution in [0.25, 0.3) is 5.69 Å². The number of para-hydroxylation sites is 1. The second-order valence-electron chi connectivity index (χ2n) is 6.23. The van der Waals surface area contributed by atoms with Crippen LogP contribution in [-0.4, -0.2) is 40.9 Å². The van der Waals surface area contributed by atoms with Gasteiger partial charge in [0.15, 0.2) is 0 Å². The van der Waals surface area contributed by atoms with Crippen molar-refractivity contribution in [3.8, 4) is 5.69 Å². The van der Waals surface area contributed by atoms with Crippen molar-refractivity contribution in [3.63, 3.8) is 0 Å². The first-order chi connectivity index (χ1) is 11.9. The SMILES string of the molecule is c1ccc(CN2CCN(c3cnn(-c4ccccc4)c3)CC2)cc1. The molecule has 1 saturated heterocycles. The van der Waals surface area contributed by atoms with Crippen LogP contribution >= 0.6 is 0 Å². The summed E-state index contributed by atoms with van der Waals surface area (Å²) in [6, 6.07) is 21.0. The van der Waals surface area contributed by atoms with E-state index in [0.29, 0.717) is 0 Å². The van der Waals surface area contributed by atoms with Gasteiger partial charge in [0.2, 0.25) is 0 Å². The van der Waals surface area contributed by atoms with Crippen molar-refractivity contribution in [2.24, 2.45) is 0 Å². The van der Waals surface area contributed by atoms with E-state index in [-0.39, 0.29) is 0 Å². The largest absolute Gasteiger partial charge is 0.366 e. The Morgan fingerprint density at radius 1 is 0.750 bits per heavy atom. The Kier molecular flexibility index (Phi) is 4.30. The third-order valence-corrected chi connectivity index (χ3v) is 4.58. The zero-order valence-corrected chi connectivity index (χ0v) is 13.8. The zero-order chi connectivity index (χ0) is 16.2. The molecule has 0 amide bonds. The first-order valence-electron chi connectivity index (χ1n) is 8.50. The number of hydrogen-bond donors (Lipinski definition) is 0. The normalized spacial score (nSPS) is 15.6. The van der Waals surface area contributed by atoms with Crippen molar-refractivity contribution in [3.05, 3.63) is 78.6 Å². The second kappa shape index (κ2) is 6.89. The maximum atomic E-state index is 4.51. The number of nitrogens with zero attached hydrogens (tertiary/aromatic N) is 4. The molecule has 1 aliphatic rings. The molecule has 24 heavy (non-hydrogen) atoms. The summed E-state index contributed by atoms with van der Waals surface area (Å²) in [5, 5.41) is 4.51. The highest BCUT2D eigenvalue weighted by Gasteiger charge is 2.18. The molecule has 0 unspecified atom stereocenters. The van der Waals surface area contributed by atoms with Crippen molar-refractivity contribution in [1.82, 2.24) is 14.7 Å². The first kappa shape index (κ1) is 15.0. The van der Waals surface area contributed by atoms with E-state index in [1.54, 1.807) is 0 Å². The van der Waals surface area contributed by atoms with Crippen LogP contribution in [0.4, 0.5) is 5.69 Å². The molecule has 1 aliphatic heterocycles. The van der Waals surface area contributed by atoms with E-state index < -0.39 is 0 Å². The average molecular weight is 318 g/mol. The van der Waals surface area contributed by atoms with Gasteiger partial charge in [-0.05, 0) is 17.7 Å². The van der Waals surface area contributed by atoms with Gasteiger partial charge in [-0.3, -0.25) is 4.90 Å². The Morgan fingerprint density at radius 3 is 2.12 bits per heavy atom. The van der Waals surface area contributed by atoms with Gasteiger partial charge in [-0.25, -0.2) is 4.68 Å². The minimum absolute atomic E-state index is 1.04. The van der Waals surface area contributed by atoms with Gasteiger partial charge < -0.3 is 4.90 Å². The fourth-order valence-corrected chi connectivity index (χ4v) is 3.20. The molecule has 1 fully saturated rings. The summed E-state index contributed by atoms with van der Waals surface area (Å²) >= 11 is 0. The number of benzene rings is 2. The first-order valence-corrected chi connectivity index (χ1v) is 8.50. The topological polar surface area (TPSA) is 24.3 Å². The summed E-state index contributed by atoms with van der Waals surface area (Å²) in [7, 11) is 0. The molecule has 0 N–H and O–H groups in total. The maximum absolute atomic E-state index is 4.51. The van der Waals surface area contributed by atoms with Gasteiger partial charge in [0.05, 0.1) is 23.8 Å². The van der Waals surface area contributed by atoms with E-state index in [1.807, 2.05) is 29.1 Å².